The molecule has 0 atom stereocenters. The van der Waals surface area contributed by atoms with E-state index in [9.17, 15) is 28.1 Å². The molecule has 0 fully saturated rings. The van der Waals surface area contributed by atoms with Crippen molar-refractivity contribution in [3.05, 3.63) is 33.9 Å². The van der Waals surface area contributed by atoms with Crippen LogP contribution in [0.4, 0.5) is 24.5 Å². The molecule has 1 aromatic carbocycles. The third kappa shape index (κ3) is 4.60. The number of nitro groups is 1. The van der Waals surface area contributed by atoms with Crippen molar-refractivity contribution in [2.45, 2.75) is 6.18 Å². The van der Waals surface area contributed by atoms with Gasteiger partial charge < -0.3 is 15.1 Å². The number of anilines is 1. The number of carboxylic acid groups (broad SMARTS) is 1. The van der Waals surface area contributed by atoms with Crippen molar-refractivity contribution in [3.8, 4) is 0 Å². The fourth-order valence-electron chi connectivity index (χ4n) is 1.69. The average molecular weight is 308 g/mol. The van der Waals surface area contributed by atoms with Crippen molar-refractivity contribution in [1.29, 1.82) is 0 Å². The summed E-state index contributed by atoms with van der Waals surface area (Å²) in [5.41, 5.74) is -1.57. The highest BCUT2D eigenvalue weighted by Gasteiger charge is 2.33. The van der Waals surface area contributed by atoms with E-state index < -0.39 is 48.1 Å². The maximum Gasteiger partial charge on any atom is 0.405 e. The minimum absolute atomic E-state index is 0.388. The first-order chi connectivity index (χ1) is 9.65. The smallest absolute Gasteiger partial charge is 0.405 e. The molecule has 0 spiro atoms. The first kappa shape index (κ1) is 16.7. The molecule has 0 aliphatic rings. The molecule has 0 saturated carbocycles. The monoisotopic (exact) mass is 308 g/mol. The van der Waals surface area contributed by atoms with Gasteiger partial charge in [0.25, 0.3) is 5.69 Å². The highest BCUT2D eigenvalue weighted by atomic mass is 19.4. The summed E-state index contributed by atoms with van der Waals surface area (Å²) < 4.78 is 37.5. The number of halogens is 3. The van der Waals surface area contributed by atoms with E-state index in [4.69, 9.17) is 10.2 Å². The number of aliphatic hydroxyl groups excluding tert-OH is 1. The topological polar surface area (TPSA) is 104 Å². The Morgan fingerprint density at radius 1 is 1.38 bits per heavy atom. The fraction of sp³-hybridized carbons (Fsp3) is 0.364. The second kappa shape index (κ2) is 6.39. The molecule has 7 nitrogen and oxygen atoms in total. The van der Waals surface area contributed by atoms with Crippen LogP contribution in [-0.4, -0.2) is 47.0 Å². The predicted octanol–water partition coefficient (Wildman–Crippen LogP) is 1.65. The summed E-state index contributed by atoms with van der Waals surface area (Å²) in [5, 5.41) is 28.5. The van der Waals surface area contributed by atoms with Gasteiger partial charge in [-0.05, 0) is 12.1 Å². The largest absolute Gasteiger partial charge is 0.478 e. The van der Waals surface area contributed by atoms with Crippen molar-refractivity contribution < 1.29 is 33.1 Å². The number of hydrogen-bond donors (Lipinski definition) is 2. The minimum Gasteiger partial charge on any atom is -0.478 e. The highest BCUT2D eigenvalue weighted by molar-refractivity contribution is 5.90. The molecule has 1 rings (SSSR count). The number of benzene rings is 1. The summed E-state index contributed by atoms with van der Waals surface area (Å²) >= 11 is 0. The zero-order valence-electron chi connectivity index (χ0n) is 10.5. The van der Waals surface area contributed by atoms with E-state index in [-0.39, 0.29) is 5.56 Å². The standard InChI is InChI=1S/C11H11F3N2O5/c12-11(13,14)6-15(3-4-17)9-5-7(10(18)19)1-2-8(9)16(20)21/h1-2,5,17H,3-4,6H2,(H,18,19). The molecule has 116 valence electrons. The molecule has 0 saturated heterocycles. The van der Waals surface area contributed by atoms with Crippen LogP contribution in [0.15, 0.2) is 18.2 Å². The lowest BCUT2D eigenvalue weighted by Crippen LogP contribution is -2.36. The van der Waals surface area contributed by atoms with Gasteiger partial charge in [0.05, 0.1) is 17.1 Å². The van der Waals surface area contributed by atoms with E-state index in [1.54, 1.807) is 0 Å². The number of carbonyl (C=O) groups is 1. The Bertz CT molecular complexity index is 547. The van der Waals surface area contributed by atoms with Crippen molar-refractivity contribution in [2.75, 3.05) is 24.6 Å². The van der Waals surface area contributed by atoms with Crippen molar-refractivity contribution in [3.63, 3.8) is 0 Å². The van der Waals surface area contributed by atoms with E-state index in [0.717, 1.165) is 18.2 Å². The summed E-state index contributed by atoms with van der Waals surface area (Å²) in [6.07, 6.45) is -4.66. The molecular weight excluding hydrogens is 297 g/mol. The molecule has 0 bridgehead atoms. The number of nitro benzene ring substituents is 1. The average Bonchev–Trinajstić information content (AvgIpc) is 2.35. The first-order valence-corrected chi connectivity index (χ1v) is 5.60. The molecule has 10 heteroatoms. The Morgan fingerprint density at radius 2 is 2.00 bits per heavy atom. The normalized spacial score (nSPS) is 11.2. The number of rotatable bonds is 6. The lowest BCUT2D eigenvalue weighted by atomic mass is 10.1. The van der Waals surface area contributed by atoms with Gasteiger partial charge in [-0.25, -0.2) is 4.79 Å². The predicted molar refractivity (Wildman–Crippen MR) is 65.4 cm³/mol. The van der Waals surface area contributed by atoms with Crippen LogP contribution in [0.1, 0.15) is 10.4 Å². The van der Waals surface area contributed by atoms with Gasteiger partial charge in [0.15, 0.2) is 0 Å². The van der Waals surface area contributed by atoms with Crippen molar-refractivity contribution >= 4 is 17.3 Å². The van der Waals surface area contributed by atoms with Gasteiger partial charge in [0.1, 0.15) is 12.2 Å². The highest BCUT2D eigenvalue weighted by Crippen LogP contribution is 2.31. The Morgan fingerprint density at radius 3 is 2.43 bits per heavy atom. The van der Waals surface area contributed by atoms with E-state index in [1.165, 1.54) is 0 Å². The Labute approximate surface area is 116 Å². The second-order valence-corrected chi connectivity index (χ2v) is 4.03. The molecule has 0 aliphatic carbocycles. The number of nitrogens with zero attached hydrogens (tertiary/aromatic N) is 2. The maximum absolute atomic E-state index is 12.5. The van der Waals surface area contributed by atoms with Crippen LogP contribution in [-0.2, 0) is 0 Å². The molecule has 0 radical (unpaired) electrons. The lowest BCUT2D eigenvalue weighted by molar-refractivity contribution is -0.384. The van der Waals surface area contributed by atoms with Gasteiger partial charge in [-0.15, -0.1) is 0 Å². The SMILES string of the molecule is O=C(O)c1ccc([N+](=O)[O-])c(N(CCO)CC(F)(F)F)c1. The fourth-order valence-corrected chi connectivity index (χ4v) is 1.69. The molecule has 0 unspecified atom stereocenters. The molecule has 0 aromatic heterocycles. The van der Waals surface area contributed by atoms with Crippen molar-refractivity contribution in [1.82, 2.24) is 0 Å². The summed E-state index contributed by atoms with van der Waals surface area (Å²) in [6.45, 7) is -2.74. The van der Waals surface area contributed by atoms with Gasteiger partial charge in [0.2, 0.25) is 0 Å². The van der Waals surface area contributed by atoms with Gasteiger partial charge in [-0.3, -0.25) is 10.1 Å². The van der Waals surface area contributed by atoms with Crippen molar-refractivity contribution in [2.24, 2.45) is 0 Å². The third-order valence-electron chi connectivity index (χ3n) is 2.50. The summed E-state index contributed by atoms with van der Waals surface area (Å²) in [5.74, 6) is -1.43. The van der Waals surface area contributed by atoms with E-state index in [0.29, 0.717) is 4.90 Å². The Kier molecular flexibility index (Phi) is 5.08. The van der Waals surface area contributed by atoms with Gasteiger partial charge >= 0.3 is 12.1 Å². The molecule has 0 aliphatic heterocycles. The molecule has 0 heterocycles. The maximum atomic E-state index is 12.5. The number of carboxylic acids is 1. The Hall–Kier alpha value is -2.36. The van der Waals surface area contributed by atoms with Crippen LogP contribution in [0.2, 0.25) is 0 Å². The second-order valence-electron chi connectivity index (χ2n) is 4.03. The minimum atomic E-state index is -4.66. The summed E-state index contributed by atoms with van der Waals surface area (Å²) in [4.78, 5) is 21.3. The van der Waals surface area contributed by atoms with E-state index >= 15 is 0 Å². The van der Waals surface area contributed by atoms with E-state index in [2.05, 4.69) is 0 Å². The van der Waals surface area contributed by atoms with E-state index in [1.807, 2.05) is 0 Å². The lowest BCUT2D eigenvalue weighted by Gasteiger charge is -2.25. The first-order valence-electron chi connectivity index (χ1n) is 5.60. The third-order valence-corrected chi connectivity index (χ3v) is 2.50. The number of aliphatic hydroxyl groups is 1. The number of hydrogen-bond acceptors (Lipinski definition) is 5. The van der Waals surface area contributed by atoms with Gasteiger partial charge in [-0.1, -0.05) is 0 Å². The summed E-state index contributed by atoms with van der Waals surface area (Å²) in [6, 6.07) is 2.52. The molecule has 0 amide bonds. The van der Waals surface area contributed by atoms with Crippen LogP contribution in [0.25, 0.3) is 0 Å². The summed E-state index contributed by atoms with van der Waals surface area (Å²) in [7, 11) is 0. The molecular formula is C11H11F3N2O5. The molecule has 1 aromatic rings. The van der Waals surface area contributed by atoms with Crippen LogP contribution < -0.4 is 4.90 Å². The molecule has 21 heavy (non-hydrogen) atoms. The van der Waals surface area contributed by atoms with Crippen LogP contribution in [0, 0.1) is 10.1 Å². The zero-order valence-corrected chi connectivity index (χ0v) is 10.5. The number of alkyl halides is 3. The molecule has 2 N–H and O–H groups in total. The Balaban J connectivity index is 3.34. The van der Waals surface area contributed by atoms with Crippen LogP contribution in [0.3, 0.4) is 0 Å². The van der Waals surface area contributed by atoms with Gasteiger partial charge in [0, 0.05) is 12.6 Å². The zero-order chi connectivity index (χ0) is 16.2. The van der Waals surface area contributed by atoms with Gasteiger partial charge in [-0.2, -0.15) is 13.2 Å². The number of aromatic carboxylic acids is 1. The quantitative estimate of drug-likeness (QED) is 0.612. The van der Waals surface area contributed by atoms with Crippen LogP contribution in [0.5, 0.6) is 0 Å². The van der Waals surface area contributed by atoms with Crippen LogP contribution >= 0.6 is 0 Å².